The Labute approximate surface area is 159 Å². The van der Waals surface area contributed by atoms with Crippen molar-refractivity contribution in [3.63, 3.8) is 0 Å². The van der Waals surface area contributed by atoms with E-state index in [2.05, 4.69) is 9.97 Å². The van der Waals surface area contributed by atoms with E-state index in [0.717, 1.165) is 5.39 Å². The zero-order valence-corrected chi connectivity index (χ0v) is 14.7. The zero-order valence-electron chi connectivity index (χ0n) is 14.7. The summed E-state index contributed by atoms with van der Waals surface area (Å²) in [5.41, 5.74) is 6.44. The number of pyridine rings is 1. The molecule has 0 bridgehead atoms. The highest BCUT2D eigenvalue weighted by molar-refractivity contribution is 5.88. The summed E-state index contributed by atoms with van der Waals surface area (Å²) in [6, 6.07) is 15.3. The number of furan rings is 1. The van der Waals surface area contributed by atoms with Gasteiger partial charge in [0.15, 0.2) is 12.4 Å². The molecule has 0 amide bonds. The molecule has 0 unspecified atom stereocenters. The number of nitrogens with zero attached hydrogens (tertiary/aromatic N) is 3. The van der Waals surface area contributed by atoms with Gasteiger partial charge >= 0.3 is 5.97 Å². The summed E-state index contributed by atoms with van der Waals surface area (Å²) in [5, 5.41) is 0.740. The van der Waals surface area contributed by atoms with Crippen LogP contribution in [0.3, 0.4) is 0 Å². The Kier molecular flexibility index (Phi) is 4.59. The number of rotatable bonds is 5. The molecule has 140 valence electrons. The van der Waals surface area contributed by atoms with E-state index in [1.54, 1.807) is 24.4 Å². The largest absolute Gasteiger partial charge is 0.452 e. The van der Waals surface area contributed by atoms with Crippen LogP contribution in [-0.2, 0) is 17.9 Å². The molecule has 3 heterocycles. The van der Waals surface area contributed by atoms with Crippen molar-refractivity contribution in [3.8, 4) is 0 Å². The second kappa shape index (κ2) is 7.36. The lowest BCUT2D eigenvalue weighted by molar-refractivity contribution is 0.0424. The first-order chi connectivity index (χ1) is 13.6. The number of anilines is 1. The van der Waals surface area contributed by atoms with Crippen molar-refractivity contribution in [2.75, 3.05) is 5.73 Å². The minimum atomic E-state index is -0.651. The first kappa shape index (κ1) is 17.5. The van der Waals surface area contributed by atoms with E-state index >= 15 is 0 Å². The average molecular weight is 376 g/mol. The minimum absolute atomic E-state index is 0.0349. The van der Waals surface area contributed by atoms with Crippen molar-refractivity contribution < 1.29 is 13.9 Å². The molecule has 0 saturated carbocycles. The molecule has 0 aliphatic carbocycles. The van der Waals surface area contributed by atoms with E-state index in [1.807, 2.05) is 24.3 Å². The molecule has 4 rings (SSSR count). The average Bonchev–Trinajstić information content (AvgIpc) is 3.17. The van der Waals surface area contributed by atoms with Gasteiger partial charge in [-0.3, -0.25) is 4.79 Å². The number of aromatic nitrogens is 3. The lowest BCUT2D eigenvalue weighted by Crippen LogP contribution is -2.17. The molecule has 28 heavy (non-hydrogen) atoms. The number of esters is 1. The molecule has 3 aromatic heterocycles. The van der Waals surface area contributed by atoms with Crippen molar-refractivity contribution >= 4 is 22.7 Å². The molecule has 0 aliphatic rings. The van der Waals surface area contributed by atoms with Crippen LogP contribution in [0.5, 0.6) is 0 Å². The molecule has 1 aromatic carbocycles. The zero-order chi connectivity index (χ0) is 19.5. The Balaban J connectivity index is 1.44. The number of nitrogen functional groups attached to an aromatic ring is 1. The molecule has 4 aromatic rings. The Bertz CT molecular complexity index is 1210. The van der Waals surface area contributed by atoms with Crippen LogP contribution in [0, 0.1) is 0 Å². The fraction of sp³-hybridized carbons (Fsp3) is 0.100. The van der Waals surface area contributed by atoms with Crippen LogP contribution >= 0.6 is 0 Å². The lowest BCUT2D eigenvalue weighted by atomic mass is 10.2. The van der Waals surface area contributed by atoms with Gasteiger partial charge in [-0.25, -0.2) is 14.8 Å². The van der Waals surface area contributed by atoms with Crippen molar-refractivity contribution in [3.05, 3.63) is 88.5 Å². The van der Waals surface area contributed by atoms with Gasteiger partial charge in [-0.1, -0.05) is 18.2 Å². The topological polar surface area (TPSA) is 113 Å². The van der Waals surface area contributed by atoms with E-state index in [9.17, 15) is 9.59 Å². The smallest absolute Gasteiger partial charge is 0.374 e. The van der Waals surface area contributed by atoms with E-state index < -0.39 is 5.97 Å². The normalized spacial score (nSPS) is 10.9. The van der Waals surface area contributed by atoms with Gasteiger partial charge in [0.25, 0.3) is 5.56 Å². The summed E-state index contributed by atoms with van der Waals surface area (Å²) in [7, 11) is 0. The molecular weight excluding hydrogens is 360 g/mol. The molecule has 0 radical (unpaired) electrons. The standard InChI is InChI=1S/C20H16N4O4/c21-19-14-5-1-2-6-15(14)22-17(23-19)12-27-20(26)16-9-8-13(28-16)11-24-10-4-3-7-18(24)25/h1-10H,11-12H2,(H2,21,22,23). The Hall–Kier alpha value is -3.94. The molecule has 0 fully saturated rings. The lowest BCUT2D eigenvalue weighted by Gasteiger charge is -2.06. The number of nitrogens with two attached hydrogens (primary N) is 1. The molecule has 8 nitrogen and oxygen atoms in total. The van der Waals surface area contributed by atoms with Gasteiger partial charge in [0.2, 0.25) is 5.76 Å². The van der Waals surface area contributed by atoms with Crippen LogP contribution in [0.25, 0.3) is 10.9 Å². The number of hydrogen-bond donors (Lipinski definition) is 1. The monoisotopic (exact) mass is 376 g/mol. The van der Waals surface area contributed by atoms with Gasteiger partial charge in [0.05, 0.1) is 12.1 Å². The van der Waals surface area contributed by atoms with Crippen LogP contribution < -0.4 is 11.3 Å². The summed E-state index contributed by atoms with van der Waals surface area (Å²) in [4.78, 5) is 32.5. The van der Waals surface area contributed by atoms with Gasteiger partial charge in [-0.2, -0.15) is 0 Å². The highest BCUT2D eigenvalue weighted by Gasteiger charge is 2.15. The third kappa shape index (κ3) is 3.61. The van der Waals surface area contributed by atoms with Gasteiger partial charge in [-0.15, -0.1) is 0 Å². The van der Waals surface area contributed by atoms with Crippen LogP contribution in [-0.4, -0.2) is 20.5 Å². The summed E-state index contributed by atoms with van der Waals surface area (Å²) >= 11 is 0. The quantitative estimate of drug-likeness (QED) is 0.532. The van der Waals surface area contributed by atoms with Crippen LogP contribution in [0.4, 0.5) is 5.82 Å². The predicted molar refractivity (Wildman–Crippen MR) is 102 cm³/mol. The molecule has 0 atom stereocenters. The second-order valence-electron chi connectivity index (χ2n) is 6.05. The van der Waals surface area contributed by atoms with Gasteiger partial charge in [0, 0.05) is 17.6 Å². The van der Waals surface area contributed by atoms with Crippen molar-refractivity contribution in [1.29, 1.82) is 0 Å². The number of carbonyl (C=O) groups is 1. The molecule has 8 heteroatoms. The Morgan fingerprint density at radius 2 is 1.89 bits per heavy atom. The summed E-state index contributed by atoms with van der Waals surface area (Å²) in [6.45, 7) is 0.0827. The first-order valence-electron chi connectivity index (χ1n) is 8.52. The van der Waals surface area contributed by atoms with Crippen LogP contribution in [0.1, 0.15) is 22.1 Å². The number of ether oxygens (including phenoxy) is 1. The van der Waals surface area contributed by atoms with Gasteiger partial charge < -0.3 is 19.5 Å². The number of carbonyl (C=O) groups excluding carboxylic acids is 1. The van der Waals surface area contributed by atoms with Gasteiger partial charge in [0.1, 0.15) is 11.6 Å². The molecule has 0 saturated heterocycles. The van der Waals surface area contributed by atoms with Crippen molar-refractivity contribution in [2.45, 2.75) is 13.2 Å². The predicted octanol–water partition coefficient (Wildman–Crippen LogP) is 2.37. The highest BCUT2D eigenvalue weighted by Crippen LogP contribution is 2.18. The third-order valence-electron chi connectivity index (χ3n) is 4.10. The summed E-state index contributed by atoms with van der Waals surface area (Å²) < 4.78 is 12.2. The number of para-hydroxylation sites is 1. The highest BCUT2D eigenvalue weighted by atomic mass is 16.5. The molecule has 0 aliphatic heterocycles. The summed E-state index contributed by atoms with van der Waals surface area (Å²) in [6.07, 6.45) is 1.64. The summed E-state index contributed by atoms with van der Waals surface area (Å²) in [5.74, 6) is 0.471. The van der Waals surface area contributed by atoms with Crippen molar-refractivity contribution in [1.82, 2.24) is 14.5 Å². The van der Waals surface area contributed by atoms with Crippen LogP contribution in [0.2, 0.25) is 0 Å². The molecule has 0 spiro atoms. The van der Waals surface area contributed by atoms with E-state index in [4.69, 9.17) is 14.9 Å². The van der Waals surface area contributed by atoms with E-state index in [-0.39, 0.29) is 24.5 Å². The maximum absolute atomic E-state index is 12.2. The van der Waals surface area contributed by atoms with E-state index in [0.29, 0.717) is 22.9 Å². The fourth-order valence-electron chi connectivity index (χ4n) is 2.75. The number of benzene rings is 1. The number of hydrogen-bond acceptors (Lipinski definition) is 7. The molecule has 2 N–H and O–H groups in total. The van der Waals surface area contributed by atoms with E-state index in [1.165, 1.54) is 16.7 Å². The maximum Gasteiger partial charge on any atom is 0.374 e. The maximum atomic E-state index is 12.2. The van der Waals surface area contributed by atoms with Crippen LogP contribution in [0.15, 0.2) is 70.0 Å². The Morgan fingerprint density at radius 3 is 2.75 bits per heavy atom. The minimum Gasteiger partial charge on any atom is -0.452 e. The SMILES string of the molecule is Nc1nc(COC(=O)c2ccc(Cn3ccccc3=O)o2)nc2ccccc12. The fourth-order valence-corrected chi connectivity index (χ4v) is 2.75. The van der Waals surface area contributed by atoms with Gasteiger partial charge in [-0.05, 0) is 30.3 Å². The van der Waals surface area contributed by atoms with Crippen molar-refractivity contribution in [2.24, 2.45) is 0 Å². The first-order valence-corrected chi connectivity index (χ1v) is 8.52. The second-order valence-corrected chi connectivity index (χ2v) is 6.05. The molecular formula is C20H16N4O4. The Morgan fingerprint density at radius 1 is 1.07 bits per heavy atom. The number of fused-ring (bicyclic) bond motifs is 1. The third-order valence-corrected chi connectivity index (χ3v) is 4.10.